The monoisotopic (exact) mass is 301 g/mol. The number of carbonyl (C=O) groups excluding carboxylic acids is 1. The van der Waals surface area contributed by atoms with Crippen molar-refractivity contribution in [2.75, 3.05) is 14.2 Å². The zero-order valence-corrected chi connectivity index (χ0v) is 12.8. The highest BCUT2D eigenvalue weighted by molar-refractivity contribution is 5.72. The largest absolute Gasteiger partial charge is 0.497 e. The SMILES string of the molecule is COC(=O)C1CCc2onc(-c3ccc(OC)cc3)c2CC1. The smallest absolute Gasteiger partial charge is 0.308 e. The first kappa shape index (κ1) is 14.6. The van der Waals surface area contributed by atoms with Crippen molar-refractivity contribution in [1.29, 1.82) is 0 Å². The van der Waals surface area contributed by atoms with Crippen LogP contribution in [-0.4, -0.2) is 25.3 Å². The van der Waals surface area contributed by atoms with E-state index in [4.69, 9.17) is 14.0 Å². The molecule has 1 aromatic heterocycles. The fraction of sp³-hybridized carbons (Fsp3) is 0.412. The normalized spacial score (nSPS) is 17.5. The van der Waals surface area contributed by atoms with Gasteiger partial charge in [0.15, 0.2) is 0 Å². The molecule has 1 aromatic carbocycles. The summed E-state index contributed by atoms with van der Waals surface area (Å²) in [5.74, 6) is 1.50. The van der Waals surface area contributed by atoms with E-state index in [-0.39, 0.29) is 11.9 Å². The molecule has 0 amide bonds. The van der Waals surface area contributed by atoms with Crippen molar-refractivity contribution in [3.05, 3.63) is 35.6 Å². The van der Waals surface area contributed by atoms with E-state index in [2.05, 4.69) is 5.16 Å². The van der Waals surface area contributed by atoms with E-state index in [9.17, 15) is 4.79 Å². The topological polar surface area (TPSA) is 61.6 Å². The maximum absolute atomic E-state index is 11.7. The van der Waals surface area contributed by atoms with E-state index in [0.717, 1.165) is 54.0 Å². The number of aromatic nitrogens is 1. The van der Waals surface area contributed by atoms with E-state index in [1.54, 1.807) is 7.11 Å². The number of hydrogen-bond donors (Lipinski definition) is 0. The molecule has 0 saturated heterocycles. The van der Waals surface area contributed by atoms with Gasteiger partial charge in [-0.1, -0.05) is 5.16 Å². The molecule has 5 heteroatoms. The van der Waals surface area contributed by atoms with Gasteiger partial charge in [0.25, 0.3) is 0 Å². The minimum Gasteiger partial charge on any atom is -0.497 e. The molecule has 0 N–H and O–H groups in total. The molecule has 22 heavy (non-hydrogen) atoms. The molecule has 1 aliphatic carbocycles. The summed E-state index contributed by atoms with van der Waals surface area (Å²) in [4.78, 5) is 11.7. The van der Waals surface area contributed by atoms with Gasteiger partial charge in [-0.15, -0.1) is 0 Å². The number of rotatable bonds is 3. The molecule has 0 radical (unpaired) electrons. The van der Waals surface area contributed by atoms with E-state index in [1.807, 2.05) is 24.3 Å². The van der Waals surface area contributed by atoms with Crippen molar-refractivity contribution in [3.8, 4) is 17.0 Å². The van der Waals surface area contributed by atoms with Crippen LogP contribution in [0.2, 0.25) is 0 Å². The number of aryl methyl sites for hydroxylation is 1. The quantitative estimate of drug-likeness (QED) is 0.644. The Kier molecular flexibility index (Phi) is 4.13. The molecule has 1 aliphatic rings. The van der Waals surface area contributed by atoms with E-state index in [1.165, 1.54) is 7.11 Å². The number of benzene rings is 1. The van der Waals surface area contributed by atoms with E-state index < -0.39 is 0 Å². The molecular formula is C17H19NO4. The fourth-order valence-corrected chi connectivity index (χ4v) is 2.94. The summed E-state index contributed by atoms with van der Waals surface area (Å²) in [6, 6.07) is 7.76. The molecule has 1 heterocycles. The van der Waals surface area contributed by atoms with Crippen LogP contribution in [0.25, 0.3) is 11.3 Å². The maximum atomic E-state index is 11.7. The summed E-state index contributed by atoms with van der Waals surface area (Å²) < 4.78 is 15.5. The number of carbonyl (C=O) groups is 1. The predicted molar refractivity (Wildman–Crippen MR) is 80.6 cm³/mol. The average molecular weight is 301 g/mol. The van der Waals surface area contributed by atoms with Crippen LogP contribution in [-0.2, 0) is 22.4 Å². The summed E-state index contributed by atoms with van der Waals surface area (Å²) in [6.07, 6.45) is 3.01. The Morgan fingerprint density at radius 2 is 1.91 bits per heavy atom. The van der Waals surface area contributed by atoms with E-state index in [0.29, 0.717) is 0 Å². The molecule has 2 aromatic rings. The van der Waals surface area contributed by atoms with Gasteiger partial charge in [0.05, 0.1) is 20.1 Å². The molecule has 0 spiro atoms. The zero-order valence-electron chi connectivity index (χ0n) is 12.8. The lowest BCUT2D eigenvalue weighted by atomic mass is 9.99. The van der Waals surface area contributed by atoms with Gasteiger partial charge in [0, 0.05) is 17.5 Å². The first-order chi connectivity index (χ1) is 10.7. The molecule has 0 fully saturated rings. The summed E-state index contributed by atoms with van der Waals surface area (Å²) in [6.45, 7) is 0. The highest BCUT2D eigenvalue weighted by atomic mass is 16.5. The van der Waals surface area contributed by atoms with Crippen molar-refractivity contribution in [2.24, 2.45) is 5.92 Å². The van der Waals surface area contributed by atoms with Crippen LogP contribution in [0.4, 0.5) is 0 Å². The lowest BCUT2D eigenvalue weighted by Gasteiger charge is -2.10. The highest BCUT2D eigenvalue weighted by Gasteiger charge is 2.27. The van der Waals surface area contributed by atoms with Crippen molar-refractivity contribution in [2.45, 2.75) is 25.7 Å². The Morgan fingerprint density at radius 1 is 1.18 bits per heavy atom. The molecule has 0 aliphatic heterocycles. The molecule has 1 atom stereocenters. The van der Waals surface area contributed by atoms with E-state index >= 15 is 0 Å². The molecule has 116 valence electrons. The standard InChI is InChI=1S/C17H19NO4/c1-20-13-7-3-11(4-8-13)16-14-9-5-12(17(19)21-2)6-10-15(14)22-18-16/h3-4,7-8,12H,5-6,9-10H2,1-2H3. The number of methoxy groups -OCH3 is 2. The number of hydrogen-bond acceptors (Lipinski definition) is 5. The number of nitrogens with zero attached hydrogens (tertiary/aromatic N) is 1. The highest BCUT2D eigenvalue weighted by Crippen LogP contribution is 2.33. The second kappa shape index (κ2) is 6.22. The number of esters is 1. The lowest BCUT2D eigenvalue weighted by Crippen LogP contribution is -2.16. The van der Waals surface area contributed by atoms with Gasteiger partial charge in [-0.2, -0.15) is 0 Å². The Morgan fingerprint density at radius 3 is 2.59 bits per heavy atom. The van der Waals surface area contributed by atoms with Crippen molar-refractivity contribution < 1.29 is 18.8 Å². The number of fused-ring (bicyclic) bond motifs is 1. The maximum Gasteiger partial charge on any atom is 0.308 e. The van der Waals surface area contributed by atoms with Gasteiger partial charge in [0.2, 0.25) is 0 Å². The molecule has 1 unspecified atom stereocenters. The average Bonchev–Trinajstić information content (AvgIpc) is 2.85. The summed E-state index contributed by atoms with van der Waals surface area (Å²) in [5.41, 5.74) is 2.97. The van der Waals surface area contributed by atoms with Crippen molar-refractivity contribution in [3.63, 3.8) is 0 Å². The predicted octanol–water partition coefficient (Wildman–Crippen LogP) is 3.02. The first-order valence-corrected chi connectivity index (χ1v) is 7.42. The Labute approximate surface area is 129 Å². The minimum atomic E-state index is -0.135. The minimum absolute atomic E-state index is 0.0590. The van der Waals surface area contributed by atoms with Gasteiger partial charge in [0.1, 0.15) is 17.2 Å². The molecule has 0 saturated carbocycles. The van der Waals surface area contributed by atoms with Crippen LogP contribution in [0.1, 0.15) is 24.2 Å². The van der Waals surface area contributed by atoms with Crippen LogP contribution in [0, 0.1) is 5.92 Å². The second-order valence-corrected chi connectivity index (χ2v) is 5.46. The third-order valence-corrected chi connectivity index (χ3v) is 4.23. The van der Waals surface area contributed by atoms with Gasteiger partial charge in [-0.3, -0.25) is 4.79 Å². The molecule has 5 nitrogen and oxygen atoms in total. The molecular weight excluding hydrogens is 282 g/mol. The second-order valence-electron chi connectivity index (χ2n) is 5.46. The summed E-state index contributed by atoms with van der Waals surface area (Å²) in [5, 5.41) is 4.22. The Bertz CT molecular complexity index is 660. The molecule has 0 bridgehead atoms. The summed E-state index contributed by atoms with van der Waals surface area (Å²) >= 11 is 0. The van der Waals surface area contributed by atoms with Crippen LogP contribution < -0.4 is 4.74 Å². The number of ether oxygens (including phenoxy) is 2. The van der Waals surface area contributed by atoms with Gasteiger partial charge in [-0.05, 0) is 43.5 Å². The first-order valence-electron chi connectivity index (χ1n) is 7.42. The van der Waals surface area contributed by atoms with Crippen molar-refractivity contribution >= 4 is 5.97 Å². The van der Waals surface area contributed by atoms with Crippen LogP contribution in [0.15, 0.2) is 28.8 Å². The Balaban J connectivity index is 1.85. The third kappa shape index (κ3) is 2.71. The van der Waals surface area contributed by atoms with Gasteiger partial charge in [-0.25, -0.2) is 0 Å². The van der Waals surface area contributed by atoms with Gasteiger partial charge >= 0.3 is 5.97 Å². The van der Waals surface area contributed by atoms with Crippen LogP contribution >= 0.6 is 0 Å². The summed E-state index contributed by atoms with van der Waals surface area (Å²) in [7, 11) is 3.08. The third-order valence-electron chi connectivity index (χ3n) is 4.23. The fourth-order valence-electron chi connectivity index (χ4n) is 2.94. The zero-order chi connectivity index (χ0) is 15.5. The van der Waals surface area contributed by atoms with Crippen LogP contribution in [0.5, 0.6) is 5.75 Å². The van der Waals surface area contributed by atoms with Crippen molar-refractivity contribution in [1.82, 2.24) is 5.16 Å². The lowest BCUT2D eigenvalue weighted by molar-refractivity contribution is -0.145. The van der Waals surface area contributed by atoms with Crippen LogP contribution in [0.3, 0.4) is 0 Å². The Hall–Kier alpha value is -2.30. The molecule has 3 rings (SSSR count). The van der Waals surface area contributed by atoms with Gasteiger partial charge < -0.3 is 14.0 Å².